The van der Waals surface area contributed by atoms with E-state index >= 15 is 0 Å². The number of halogens is 1. The lowest BCUT2D eigenvalue weighted by Crippen LogP contribution is -2.15. The zero-order valence-electron chi connectivity index (χ0n) is 17.4. The van der Waals surface area contributed by atoms with Crippen LogP contribution in [0.5, 0.6) is 5.75 Å². The molecule has 3 rings (SSSR count). The maximum absolute atomic E-state index is 12.2. The van der Waals surface area contributed by atoms with Gasteiger partial charge in [-0.3, -0.25) is 14.4 Å². The zero-order valence-corrected chi connectivity index (χ0v) is 18.2. The lowest BCUT2D eigenvalue weighted by atomic mass is 10.1. The van der Waals surface area contributed by atoms with E-state index in [1.807, 2.05) is 0 Å². The van der Waals surface area contributed by atoms with Crippen molar-refractivity contribution >= 4 is 40.9 Å². The van der Waals surface area contributed by atoms with Gasteiger partial charge in [-0.2, -0.15) is 0 Å². The van der Waals surface area contributed by atoms with Gasteiger partial charge in [0.1, 0.15) is 5.75 Å². The number of Topliss-reactive ketones (excluding diaryl/α,β-unsaturated/α-hetero) is 1. The third kappa shape index (κ3) is 7.33. The van der Waals surface area contributed by atoms with Crippen LogP contribution in [0.25, 0.3) is 0 Å². The van der Waals surface area contributed by atoms with Crippen molar-refractivity contribution in [2.45, 2.75) is 19.3 Å². The molecule has 0 saturated heterocycles. The number of carbonyl (C=O) groups is 4. The summed E-state index contributed by atoms with van der Waals surface area (Å²) in [6, 6.07) is 15.7. The Morgan fingerprint density at radius 1 is 0.909 bits per heavy atom. The van der Waals surface area contributed by atoms with E-state index in [9.17, 15) is 19.2 Å². The molecule has 0 bridgehead atoms. The van der Waals surface area contributed by atoms with Crippen LogP contribution in [-0.2, 0) is 14.3 Å². The number of hydrogen-bond acceptors (Lipinski definition) is 7. The molecule has 9 heteroatoms. The van der Waals surface area contributed by atoms with Crippen molar-refractivity contribution in [1.29, 1.82) is 0 Å². The number of nitrogens with one attached hydrogen (secondary N) is 1. The Morgan fingerprint density at radius 2 is 1.67 bits per heavy atom. The molecule has 33 heavy (non-hydrogen) atoms. The number of ether oxygens (including phenoxy) is 2. The summed E-state index contributed by atoms with van der Waals surface area (Å²) in [5, 5.41) is 3.09. The molecule has 0 aliphatic rings. The topological polar surface area (TPSA) is 112 Å². The average molecular weight is 470 g/mol. The first kappa shape index (κ1) is 23.7. The number of benzene rings is 2. The number of furan rings is 1. The lowest BCUT2D eigenvalue weighted by molar-refractivity contribution is -0.142. The van der Waals surface area contributed by atoms with Gasteiger partial charge in [0.15, 0.2) is 12.4 Å². The number of anilines is 1. The summed E-state index contributed by atoms with van der Waals surface area (Å²) in [7, 11) is 0. The van der Waals surface area contributed by atoms with Crippen LogP contribution in [-0.4, -0.2) is 30.2 Å². The minimum absolute atomic E-state index is 0.00904. The molecule has 0 unspecified atom stereocenters. The number of hydrogen-bond donors (Lipinski definition) is 1. The van der Waals surface area contributed by atoms with Crippen molar-refractivity contribution < 1.29 is 33.1 Å². The number of esters is 2. The molecule has 1 N–H and O–H groups in total. The molecule has 0 radical (unpaired) electrons. The smallest absolute Gasteiger partial charge is 0.379 e. The molecule has 3 aromatic rings. The highest BCUT2D eigenvalue weighted by atomic mass is 35.5. The molecule has 0 aliphatic carbocycles. The van der Waals surface area contributed by atoms with E-state index in [0.29, 0.717) is 16.3 Å². The highest BCUT2D eigenvalue weighted by Crippen LogP contribution is 2.20. The van der Waals surface area contributed by atoms with E-state index in [1.165, 1.54) is 36.6 Å². The summed E-state index contributed by atoms with van der Waals surface area (Å²) in [6.07, 6.45) is 1.71. The molecular formula is C24H20ClNO7. The number of ketones is 1. The number of amides is 1. The third-order valence-corrected chi connectivity index (χ3v) is 4.74. The van der Waals surface area contributed by atoms with Crippen molar-refractivity contribution in [3.63, 3.8) is 0 Å². The summed E-state index contributed by atoms with van der Waals surface area (Å²) >= 11 is 5.98. The van der Waals surface area contributed by atoms with Crippen molar-refractivity contribution in [2.24, 2.45) is 0 Å². The normalized spacial score (nSPS) is 10.3. The van der Waals surface area contributed by atoms with E-state index in [-0.39, 0.29) is 36.7 Å². The van der Waals surface area contributed by atoms with Gasteiger partial charge in [0.25, 0.3) is 0 Å². The van der Waals surface area contributed by atoms with Crippen LogP contribution in [0, 0.1) is 0 Å². The fraction of sp³-hybridized carbons (Fsp3) is 0.167. The maximum atomic E-state index is 12.2. The molecule has 0 spiro atoms. The van der Waals surface area contributed by atoms with Crippen LogP contribution in [0.3, 0.4) is 0 Å². The first-order chi connectivity index (χ1) is 15.9. The maximum Gasteiger partial charge on any atom is 0.379 e. The van der Waals surface area contributed by atoms with Crippen molar-refractivity contribution in [2.75, 3.05) is 11.9 Å². The number of carbonyl (C=O) groups excluding carboxylic acids is 4. The Hall–Kier alpha value is -3.91. The molecular weight excluding hydrogens is 450 g/mol. The fourth-order valence-electron chi connectivity index (χ4n) is 2.73. The standard InChI is InChI=1S/C24H20ClNO7/c25-18-5-1-2-6-19(18)26-22(28)8-3-9-23(29)32-15-20(27)16-10-12-17(13-11-16)33-24(30)21-7-4-14-31-21/h1-2,4-7,10-14H,3,8-9,15H2,(H,26,28). The third-order valence-electron chi connectivity index (χ3n) is 4.41. The number of para-hydroxylation sites is 1. The molecule has 1 amide bonds. The van der Waals surface area contributed by atoms with Crippen LogP contribution in [0.2, 0.25) is 5.02 Å². The molecule has 2 aromatic carbocycles. The van der Waals surface area contributed by atoms with E-state index in [1.54, 1.807) is 30.3 Å². The van der Waals surface area contributed by atoms with Gasteiger partial charge in [-0.15, -0.1) is 0 Å². The largest absolute Gasteiger partial charge is 0.457 e. The first-order valence-electron chi connectivity index (χ1n) is 10.0. The van der Waals surface area contributed by atoms with E-state index < -0.39 is 24.3 Å². The van der Waals surface area contributed by atoms with Gasteiger partial charge < -0.3 is 19.2 Å². The second-order valence-corrected chi connectivity index (χ2v) is 7.26. The first-order valence-corrected chi connectivity index (χ1v) is 10.4. The van der Waals surface area contributed by atoms with Crippen LogP contribution in [0.4, 0.5) is 5.69 Å². The van der Waals surface area contributed by atoms with Crippen LogP contribution < -0.4 is 10.1 Å². The second-order valence-electron chi connectivity index (χ2n) is 6.86. The Balaban J connectivity index is 1.36. The quantitative estimate of drug-likeness (QED) is 0.260. The molecule has 0 saturated carbocycles. The van der Waals surface area contributed by atoms with E-state index in [0.717, 1.165) is 0 Å². The number of rotatable bonds is 10. The monoisotopic (exact) mass is 469 g/mol. The van der Waals surface area contributed by atoms with Gasteiger partial charge in [-0.1, -0.05) is 23.7 Å². The Labute approximate surface area is 194 Å². The van der Waals surface area contributed by atoms with Crippen LogP contribution >= 0.6 is 11.6 Å². The second kappa shape index (κ2) is 11.6. The van der Waals surface area contributed by atoms with Gasteiger partial charge in [0.05, 0.1) is 17.0 Å². The Morgan fingerprint density at radius 3 is 2.36 bits per heavy atom. The highest BCUT2D eigenvalue weighted by Gasteiger charge is 2.14. The van der Waals surface area contributed by atoms with E-state index in [2.05, 4.69) is 5.32 Å². The van der Waals surface area contributed by atoms with Gasteiger partial charge in [0.2, 0.25) is 11.7 Å². The molecule has 0 fully saturated rings. The summed E-state index contributed by atoms with van der Waals surface area (Å²) in [6.45, 7) is -0.434. The predicted molar refractivity (Wildman–Crippen MR) is 119 cm³/mol. The summed E-state index contributed by atoms with van der Waals surface area (Å²) in [4.78, 5) is 47.9. The van der Waals surface area contributed by atoms with Crippen molar-refractivity contribution in [3.05, 3.63) is 83.3 Å². The lowest BCUT2D eigenvalue weighted by Gasteiger charge is -2.07. The van der Waals surface area contributed by atoms with Crippen LogP contribution in [0.15, 0.2) is 71.3 Å². The Kier molecular flexibility index (Phi) is 8.37. The molecule has 1 aromatic heterocycles. The molecule has 0 atom stereocenters. The van der Waals surface area contributed by atoms with Crippen LogP contribution in [0.1, 0.15) is 40.2 Å². The molecule has 1 heterocycles. The summed E-state index contributed by atoms with van der Waals surface area (Å²) < 4.78 is 15.1. The predicted octanol–water partition coefficient (Wildman–Crippen LogP) is 4.69. The van der Waals surface area contributed by atoms with Gasteiger partial charge in [0, 0.05) is 18.4 Å². The SMILES string of the molecule is O=C(CCCC(=O)OCC(=O)c1ccc(OC(=O)c2ccco2)cc1)Nc1ccccc1Cl. The minimum Gasteiger partial charge on any atom is -0.457 e. The molecule has 0 aliphatic heterocycles. The van der Waals surface area contributed by atoms with Gasteiger partial charge in [-0.05, 0) is 55.0 Å². The average Bonchev–Trinajstić information content (AvgIpc) is 3.35. The summed E-state index contributed by atoms with van der Waals surface area (Å²) in [5.41, 5.74) is 0.791. The molecule has 170 valence electrons. The van der Waals surface area contributed by atoms with E-state index in [4.69, 9.17) is 25.5 Å². The Bertz CT molecular complexity index is 1120. The summed E-state index contributed by atoms with van der Waals surface area (Å²) in [5.74, 6) is -1.64. The van der Waals surface area contributed by atoms with Crippen molar-refractivity contribution in [1.82, 2.24) is 0 Å². The highest BCUT2D eigenvalue weighted by molar-refractivity contribution is 6.33. The van der Waals surface area contributed by atoms with Gasteiger partial charge in [-0.25, -0.2) is 4.79 Å². The van der Waals surface area contributed by atoms with Crippen molar-refractivity contribution in [3.8, 4) is 5.75 Å². The fourth-order valence-corrected chi connectivity index (χ4v) is 2.91. The molecule has 8 nitrogen and oxygen atoms in total. The minimum atomic E-state index is -0.659. The zero-order chi connectivity index (χ0) is 23.6. The van der Waals surface area contributed by atoms with Gasteiger partial charge >= 0.3 is 11.9 Å².